The van der Waals surface area contributed by atoms with Crippen molar-refractivity contribution in [1.82, 2.24) is 15.5 Å². The number of benzene rings is 1. The van der Waals surface area contributed by atoms with Crippen LogP contribution in [0.5, 0.6) is 5.75 Å². The second kappa shape index (κ2) is 11.8. The normalized spacial score (nSPS) is 18.4. The van der Waals surface area contributed by atoms with Crippen LogP contribution in [0.4, 0.5) is 0 Å². The fraction of sp³-hybridized carbons (Fsp3) is 0.650. The molecule has 1 aromatic rings. The summed E-state index contributed by atoms with van der Waals surface area (Å²) in [7, 11) is 3.89. The fourth-order valence-electron chi connectivity index (χ4n) is 2.90. The molecule has 1 fully saturated rings. The number of ether oxygens (including phenoxy) is 3. The van der Waals surface area contributed by atoms with Gasteiger partial charge >= 0.3 is 0 Å². The summed E-state index contributed by atoms with van der Waals surface area (Å²) in [6, 6.07) is 6.24. The number of likely N-dealkylation sites (N-methyl/N-ethyl adjacent to an activating group) is 1. The molecule has 0 aliphatic carbocycles. The molecule has 1 aliphatic rings. The lowest BCUT2D eigenvalue weighted by Gasteiger charge is -2.30. The highest BCUT2D eigenvalue weighted by atomic mass is 16.5. The van der Waals surface area contributed by atoms with Gasteiger partial charge < -0.3 is 29.7 Å². The smallest absolute Gasteiger partial charge is 0.191 e. The van der Waals surface area contributed by atoms with Crippen LogP contribution < -0.4 is 15.4 Å². The second-order valence-corrected chi connectivity index (χ2v) is 6.72. The molecule has 1 heterocycles. The Morgan fingerprint density at radius 3 is 2.93 bits per heavy atom. The van der Waals surface area contributed by atoms with Crippen molar-refractivity contribution >= 4 is 5.96 Å². The van der Waals surface area contributed by atoms with Gasteiger partial charge in [-0.05, 0) is 32.5 Å². The summed E-state index contributed by atoms with van der Waals surface area (Å²) in [4.78, 5) is 6.59. The Kier molecular flexibility index (Phi) is 9.38. The Bertz CT molecular complexity index is 595. The molecule has 1 aliphatic heterocycles. The molecule has 27 heavy (non-hydrogen) atoms. The van der Waals surface area contributed by atoms with E-state index < -0.39 is 0 Å². The number of nitrogens with one attached hydrogen (secondary N) is 2. The number of hydrogen-bond acceptors (Lipinski definition) is 5. The summed E-state index contributed by atoms with van der Waals surface area (Å²) in [6.45, 7) is 9.95. The zero-order valence-electron chi connectivity index (χ0n) is 17.1. The first-order valence-corrected chi connectivity index (χ1v) is 9.67. The number of rotatable bonds is 9. The van der Waals surface area contributed by atoms with Crippen molar-refractivity contribution in [2.75, 3.05) is 60.2 Å². The van der Waals surface area contributed by atoms with Gasteiger partial charge in [0, 0.05) is 45.4 Å². The van der Waals surface area contributed by atoms with Crippen LogP contribution in [0.3, 0.4) is 0 Å². The van der Waals surface area contributed by atoms with Crippen molar-refractivity contribution in [3.63, 3.8) is 0 Å². The molecule has 0 amide bonds. The van der Waals surface area contributed by atoms with Crippen molar-refractivity contribution < 1.29 is 14.2 Å². The highest BCUT2D eigenvalue weighted by Crippen LogP contribution is 2.20. The average molecular weight is 379 g/mol. The van der Waals surface area contributed by atoms with Gasteiger partial charge in [-0.25, -0.2) is 0 Å². The third-order valence-corrected chi connectivity index (χ3v) is 4.42. The minimum absolute atomic E-state index is 0.180. The third kappa shape index (κ3) is 7.74. The molecule has 7 heteroatoms. The van der Waals surface area contributed by atoms with E-state index in [1.54, 1.807) is 7.05 Å². The lowest BCUT2D eigenvalue weighted by molar-refractivity contribution is -0.0161. The predicted molar refractivity (Wildman–Crippen MR) is 109 cm³/mol. The molecule has 7 nitrogen and oxygen atoms in total. The maximum absolute atomic E-state index is 5.90. The minimum Gasteiger partial charge on any atom is -0.491 e. The van der Waals surface area contributed by atoms with Crippen molar-refractivity contribution in [1.29, 1.82) is 0 Å². The van der Waals surface area contributed by atoms with Gasteiger partial charge in [0.25, 0.3) is 0 Å². The Hall–Kier alpha value is -1.83. The minimum atomic E-state index is 0.180. The van der Waals surface area contributed by atoms with Gasteiger partial charge in [0.15, 0.2) is 5.96 Å². The van der Waals surface area contributed by atoms with Crippen molar-refractivity contribution in [2.24, 2.45) is 4.99 Å². The van der Waals surface area contributed by atoms with Crippen LogP contribution in [0, 0.1) is 6.92 Å². The van der Waals surface area contributed by atoms with E-state index in [0.29, 0.717) is 26.4 Å². The topological polar surface area (TPSA) is 67.4 Å². The molecule has 0 spiro atoms. The summed E-state index contributed by atoms with van der Waals surface area (Å²) in [6.07, 6.45) is 0.180. The molecule has 1 aromatic carbocycles. The van der Waals surface area contributed by atoms with E-state index in [4.69, 9.17) is 14.2 Å². The summed E-state index contributed by atoms with van der Waals surface area (Å²) in [5, 5.41) is 6.70. The van der Waals surface area contributed by atoms with Crippen molar-refractivity contribution in [3.8, 4) is 5.75 Å². The van der Waals surface area contributed by atoms with Crippen LogP contribution in [0.25, 0.3) is 0 Å². The maximum Gasteiger partial charge on any atom is 0.191 e. The van der Waals surface area contributed by atoms with Gasteiger partial charge in [0.1, 0.15) is 12.4 Å². The first-order valence-electron chi connectivity index (χ1n) is 9.67. The predicted octanol–water partition coefficient (Wildman–Crippen LogP) is 1.41. The Morgan fingerprint density at radius 2 is 2.19 bits per heavy atom. The van der Waals surface area contributed by atoms with Gasteiger partial charge in [-0.1, -0.05) is 12.1 Å². The molecule has 0 saturated carbocycles. The largest absolute Gasteiger partial charge is 0.491 e. The number of morpholine rings is 1. The molecule has 2 rings (SSSR count). The average Bonchev–Trinajstić information content (AvgIpc) is 2.66. The van der Waals surface area contributed by atoms with Crippen molar-refractivity contribution in [3.05, 3.63) is 29.3 Å². The van der Waals surface area contributed by atoms with E-state index in [1.165, 1.54) is 5.56 Å². The number of aliphatic imine (C=N–C) groups is 1. The number of aryl methyl sites for hydroxylation is 1. The highest BCUT2D eigenvalue weighted by molar-refractivity contribution is 5.79. The number of hydrogen-bond donors (Lipinski definition) is 2. The Balaban J connectivity index is 1.84. The Labute approximate surface area is 163 Å². The first-order chi connectivity index (χ1) is 13.1. The van der Waals surface area contributed by atoms with Crippen LogP contribution in [0.2, 0.25) is 0 Å². The summed E-state index contributed by atoms with van der Waals surface area (Å²) < 4.78 is 17.0. The van der Waals surface area contributed by atoms with E-state index in [1.807, 2.05) is 6.92 Å². The second-order valence-electron chi connectivity index (χ2n) is 6.72. The molecule has 2 N–H and O–H groups in total. The van der Waals surface area contributed by atoms with Crippen LogP contribution in [-0.4, -0.2) is 77.1 Å². The molecule has 0 aromatic heterocycles. The summed E-state index contributed by atoms with van der Waals surface area (Å²) >= 11 is 0. The summed E-state index contributed by atoms with van der Waals surface area (Å²) in [5.41, 5.74) is 2.26. The van der Waals surface area contributed by atoms with Gasteiger partial charge in [0.05, 0.1) is 19.3 Å². The molecular formula is C20H34N4O3. The van der Waals surface area contributed by atoms with Gasteiger partial charge in [-0.3, -0.25) is 4.99 Å². The summed E-state index contributed by atoms with van der Waals surface area (Å²) in [5.74, 6) is 1.64. The van der Waals surface area contributed by atoms with E-state index in [9.17, 15) is 0 Å². The molecule has 1 saturated heterocycles. The van der Waals surface area contributed by atoms with E-state index in [2.05, 4.69) is 52.7 Å². The maximum atomic E-state index is 5.90. The first kappa shape index (κ1) is 21.5. The lowest BCUT2D eigenvalue weighted by atomic mass is 10.1. The van der Waals surface area contributed by atoms with Crippen LogP contribution in [-0.2, 0) is 16.0 Å². The number of guanidine groups is 1. The quantitative estimate of drug-likeness (QED) is 0.385. The molecule has 1 unspecified atom stereocenters. The molecular weight excluding hydrogens is 344 g/mol. The fourth-order valence-corrected chi connectivity index (χ4v) is 2.90. The standard InChI is InChI=1S/C20H34N4O3/c1-5-25-10-11-27-19-12-16(2)6-7-17(19)13-22-20(21-3)23-14-18-15-24(4)8-9-26-18/h6-7,12,18H,5,8-11,13-15H2,1-4H3,(H2,21,22,23). The zero-order chi connectivity index (χ0) is 19.5. The Morgan fingerprint density at radius 1 is 1.33 bits per heavy atom. The van der Waals surface area contributed by atoms with Crippen LogP contribution in [0.15, 0.2) is 23.2 Å². The molecule has 0 bridgehead atoms. The van der Waals surface area contributed by atoms with Crippen molar-refractivity contribution in [2.45, 2.75) is 26.5 Å². The van der Waals surface area contributed by atoms with Crippen LogP contribution in [0.1, 0.15) is 18.1 Å². The monoisotopic (exact) mass is 378 g/mol. The van der Waals surface area contributed by atoms with E-state index in [-0.39, 0.29) is 6.10 Å². The molecule has 0 radical (unpaired) electrons. The highest BCUT2D eigenvalue weighted by Gasteiger charge is 2.17. The number of nitrogens with zero attached hydrogens (tertiary/aromatic N) is 2. The SMILES string of the molecule is CCOCCOc1cc(C)ccc1CNC(=NC)NCC1CN(C)CCO1. The lowest BCUT2D eigenvalue weighted by Crippen LogP contribution is -2.48. The zero-order valence-corrected chi connectivity index (χ0v) is 17.1. The van der Waals surface area contributed by atoms with E-state index >= 15 is 0 Å². The van der Waals surface area contributed by atoms with E-state index in [0.717, 1.165) is 43.5 Å². The molecule has 152 valence electrons. The molecule has 1 atom stereocenters. The van der Waals surface area contributed by atoms with Gasteiger partial charge in [-0.15, -0.1) is 0 Å². The van der Waals surface area contributed by atoms with Crippen LogP contribution >= 0.6 is 0 Å². The third-order valence-electron chi connectivity index (χ3n) is 4.42. The van der Waals surface area contributed by atoms with Gasteiger partial charge in [0.2, 0.25) is 0 Å². The van der Waals surface area contributed by atoms with Gasteiger partial charge in [-0.2, -0.15) is 0 Å².